The van der Waals surface area contributed by atoms with Gasteiger partial charge in [-0.05, 0) is 19.9 Å². The molecule has 0 atom stereocenters. The largest absolute Gasteiger partial charge is 0.320 e. The van der Waals surface area contributed by atoms with Gasteiger partial charge in [0.05, 0.1) is 11.2 Å². The summed E-state index contributed by atoms with van der Waals surface area (Å²) in [5.74, 6) is -0.266. The van der Waals surface area contributed by atoms with E-state index in [-0.39, 0.29) is 5.82 Å². The van der Waals surface area contributed by atoms with Gasteiger partial charge >= 0.3 is 0 Å². The Hall–Kier alpha value is -1.42. The van der Waals surface area contributed by atoms with Crippen molar-refractivity contribution in [3.8, 4) is 0 Å². The zero-order valence-corrected chi connectivity index (χ0v) is 9.08. The fourth-order valence-electron chi connectivity index (χ4n) is 1.77. The third kappa shape index (κ3) is 1.51. The first-order valence-electron chi connectivity index (χ1n) is 4.82. The zero-order chi connectivity index (χ0) is 11.2. The molecule has 0 aliphatic rings. The Morgan fingerprint density at radius 1 is 1.40 bits per heavy atom. The first-order valence-corrected chi connectivity index (χ1v) is 4.82. The van der Waals surface area contributed by atoms with Gasteiger partial charge in [0, 0.05) is 12.4 Å². The molecular weight excluding hydrogens is 193 g/mol. The lowest BCUT2D eigenvalue weighted by atomic mass is 9.99. The number of nitrogens with two attached hydrogens (primary N) is 1. The molecule has 2 N–H and O–H groups in total. The van der Waals surface area contributed by atoms with Gasteiger partial charge in [0.25, 0.3) is 0 Å². The number of hydrogen-bond acceptors (Lipinski definition) is 2. The number of nitrogens with zero attached hydrogens (tertiary/aromatic N) is 2. The van der Waals surface area contributed by atoms with Crippen LogP contribution in [0.5, 0.6) is 0 Å². The van der Waals surface area contributed by atoms with E-state index in [0.717, 1.165) is 11.1 Å². The Bertz CT molecular complexity index is 508. The highest BCUT2D eigenvalue weighted by atomic mass is 19.1. The van der Waals surface area contributed by atoms with E-state index >= 15 is 0 Å². The molecule has 1 aromatic heterocycles. The monoisotopic (exact) mass is 207 g/mol. The average molecular weight is 207 g/mol. The molecule has 0 aliphatic carbocycles. The molecule has 80 valence electrons. The Labute approximate surface area is 87.7 Å². The van der Waals surface area contributed by atoms with Crippen molar-refractivity contribution < 1.29 is 4.39 Å². The maximum atomic E-state index is 13.5. The van der Waals surface area contributed by atoms with Gasteiger partial charge in [-0.3, -0.25) is 4.68 Å². The molecule has 4 heteroatoms. The zero-order valence-electron chi connectivity index (χ0n) is 9.08. The number of benzene rings is 1. The van der Waals surface area contributed by atoms with Gasteiger partial charge in [0.2, 0.25) is 0 Å². The highest BCUT2D eigenvalue weighted by molar-refractivity contribution is 5.83. The predicted molar refractivity (Wildman–Crippen MR) is 57.9 cm³/mol. The van der Waals surface area contributed by atoms with Crippen LogP contribution in [0.3, 0.4) is 0 Å². The van der Waals surface area contributed by atoms with Crippen LogP contribution in [0.1, 0.15) is 19.5 Å². The van der Waals surface area contributed by atoms with Gasteiger partial charge in [-0.15, -0.1) is 0 Å². The topological polar surface area (TPSA) is 43.8 Å². The third-order valence-electron chi connectivity index (χ3n) is 2.43. The van der Waals surface area contributed by atoms with Gasteiger partial charge in [-0.1, -0.05) is 12.1 Å². The normalized spacial score (nSPS) is 12.3. The fourth-order valence-corrected chi connectivity index (χ4v) is 1.77. The highest BCUT2D eigenvalue weighted by Gasteiger charge is 2.23. The van der Waals surface area contributed by atoms with Crippen molar-refractivity contribution >= 4 is 10.9 Å². The van der Waals surface area contributed by atoms with E-state index in [0.29, 0.717) is 5.52 Å². The third-order valence-corrected chi connectivity index (χ3v) is 2.43. The van der Waals surface area contributed by atoms with Gasteiger partial charge < -0.3 is 5.73 Å². The summed E-state index contributed by atoms with van der Waals surface area (Å²) in [6, 6.07) is 4.95. The molecule has 0 aliphatic heterocycles. The second kappa shape index (κ2) is 3.03. The molecule has 3 nitrogen and oxygen atoms in total. The van der Waals surface area contributed by atoms with E-state index in [2.05, 4.69) is 5.10 Å². The summed E-state index contributed by atoms with van der Waals surface area (Å²) in [5, 5.41) is 5.06. The molecule has 1 heterocycles. The molecule has 2 aromatic rings. The number of hydrogen-bond donors (Lipinski definition) is 1. The van der Waals surface area contributed by atoms with E-state index in [1.54, 1.807) is 13.1 Å². The summed E-state index contributed by atoms with van der Waals surface area (Å²) in [5.41, 5.74) is 6.65. The summed E-state index contributed by atoms with van der Waals surface area (Å²) in [6.45, 7) is 3.72. The minimum atomic E-state index is -0.562. The average Bonchev–Trinajstić information content (AvgIpc) is 2.44. The molecule has 0 fully saturated rings. The van der Waals surface area contributed by atoms with Crippen molar-refractivity contribution in [2.45, 2.75) is 19.4 Å². The maximum Gasteiger partial charge on any atom is 0.149 e. The smallest absolute Gasteiger partial charge is 0.149 e. The fraction of sp³-hybridized carbons (Fsp3) is 0.364. The van der Waals surface area contributed by atoms with Gasteiger partial charge in [0.1, 0.15) is 11.3 Å². The SMILES string of the molecule is Cn1nc(C(C)(C)N)c2cccc(F)c21. The second-order valence-corrected chi connectivity index (χ2v) is 4.33. The maximum absolute atomic E-state index is 13.5. The number of para-hydroxylation sites is 1. The second-order valence-electron chi connectivity index (χ2n) is 4.33. The molecule has 0 saturated heterocycles. The number of halogens is 1. The van der Waals surface area contributed by atoms with Crippen molar-refractivity contribution in [3.63, 3.8) is 0 Å². The van der Waals surface area contributed by atoms with Crippen LogP contribution >= 0.6 is 0 Å². The Morgan fingerprint density at radius 2 is 2.07 bits per heavy atom. The Kier molecular flexibility index (Phi) is 2.04. The van der Waals surface area contributed by atoms with Crippen LogP contribution in [-0.4, -0.2) is 9.78 Å². The number of aryl methyl sites for hydroxylation is 1. The van der Waals surface area contributed by atoms with E-state index in [1.807, 2.05) is 19.9 Å². The molecule has 0 unspecified atom stereocenters. The van der Waals surface area contributed by atoms with Gasteiger partial charge in [0.15, 0.2) is 0 Å². The number of rotatable bonds is 1. The van der Waals surface area contributed by atoms with Crippen molar-refractivity contribution in [3.05, 3.63) is 29.7 Å². The molecular formula is C11H14FN3. The summed E-state index contributed by atoms with van der Waals surface area (Å²) >= 11 is 0. The molecule has 0 radical (unpaired) electrons. The minimum absolute atomic E-state index is 0.266. The Morgan fingerprint density at radius 3 is 2.67 bits per heavy atom. The highest BCUT2D eigenvalue weighted by Crippen LogP contribution is 2.26. The number of fused-ring (bicyclic) bond motifs is 1. The van der Waals surface area contributed by atoms with E-state index in [1.165, 1.54) is 10.7 Å². The van der Waals surface area contributed by atoms with Crippen LogP contribution in [0, 0.1) is 5.82 Å². The van der Waals surface area contributed by atoms with Crippen LogP contribution in [0.2, 0.25) is 0 Å². The molecule has 0 spiro atoms. The lowest BCUT2D eigenvalue weighted by molar-refractivity contribution is 0.527. The quantitative estimate of drug-likeness (QED) is 0.776. The molecule has 15 heavy (non-hydrogen) atoms. The van der Waals surface area contributed by atoms with Crippen LogP contribution in [-0.2, 0) is 12.6 Å². The van der Waals surface area contributed by atoms with Gasteiger partial charge in [-0.2, -0.15) is 5.10 Å². The van der Waals surface area contributed by atoms with Crippen molar-refractivity contribution in [1.82, 2.24) is 9.78 Å². The Balaban J connectivity index is 2.85. The lowest BCUT2D eigenvalue weighted by Gasteiger charge is -2.15. The van der Waals surface area contributed by atoms with E-state index in [9.17, 15) is 4.39 Å². The van der Waals surface area contributed by atoms with Crippen LogP contribution in [0.25, 0.3) is 10.9 Å². The molecule has 0 amide bonds. The summed E-state index contributed by atoms with van der Waals surface area (Å²) in [4.78, 5) is 0. The number of aromatic nitrogens is 2. The summed E-state index contributed by atoms with van der Waals surface area (Å²) < 4.78 is 15.1. The first kappa shape index (κ1) is 10.1. The lowest BCUT2D eigenvalue weighted by Crippen LogP contribution is -2.29. The van der Waals surface area contributed by atoms with Crippen LogP contribution in [0.15, 0.2) is 18.2 Å². The molecule has 0 saturated carbocycles. The standard InChI is InChI=1S/C11H14FN3/c1-11(2,13)10-7-5-4-6-8(12)9(7)15(3)14-10/h4-6H,13H2,1-3H3. The van der Waals surface area contributed by atoms with E-state index in [4.69, 9.17) is 5.73 Å². The van der Waals surface area contributed by atoms with Crippen molar-refractivity contribution in [2.75, 3.05) is 0 Å². The first-order chi connectivity index (χ1) is 6.91. The molecule has 1 aromatic carbocycles. The minimum Gasteiger partial charge on any atom is -0.320 e. The van der Waals surface area contributed by atoms with Crippen molar-refractivity contribution in [2.24, 2.45) is 12.8 Å². The molecule has 2 rings (SSSR count). The predicted octanol–water partition coefficient (Wildman–Crippen LogP) is 1.91. The molecule has 0 bridgehead atoms. The summed E-state index contributed by atoms with van der Waals surface area (Å²) in [7, 11) is 1.72. The van der Waals surface area contributed by atoms with Crippen molar-refractivity contribution in [1.29, 1.82) is 0 Å². The van der Waals surface area contributed by atoms with Crippen LogP contribution in [0.4, 0.5) is 4.39 Å². The van der Waals surface area contributed by atoms with Crippen LogP contribution < -0.4 is 5.73 Å². The summed E-state index contributed by atoms with van der Waals surface area (Å²) in [6.07, 6.45) is 0. The van der Waals surface area contributed by atoms with Gasteiger partial charge in [-0.25, -0.2) is 4.39 Å². The van der Waals surface area contributed by atoms with E-state index < -0.39 is 5.54 Å².